The van der Waals surface area contributed by atoms with Crippen LogP contribution in [0.5, 0.6) is 0 Å². The van der Waals surface area contributed by atoms with Crippen LogP contribution in [0.25, 0.3) is 0 Å². The predicted octanol–water partition coefficient (Wildman–Crippen LogP) is 2.42. The minimum Gasteiger partial charge on any atom is -0.461 e. The molecule has 1 aromatic rings. The highest BCUT2D eigenvalue weighted by molar-refractivity contribution is 5.74. The van der Waals surface area contributed by atoms with Gasteiger partial charge in [-0.2, -0.15) is 0 Å². The van der Waals surface area contributed by atoms with Crippen molar-refractivity contribution in [3.8, 4) is 0 Å². The number of ether oxygens (including phenoxy) is 1. The number of hydrogen-bond donors (Lipinski definition) is 0. The summed E-state index contributed by atoms with van der Waals surface area (Å²) < 4.78 is 19.6. The van der Waals surface area contributed by atoms with Gasteiger partial charge in [0, 0.05) is 12.3 Å². The molecule has 1 atom stereocenters. The van der Waals surface area contributed by atoms with E-state index in [1.54, 1.807) is 6.92 Å². The van der Waals surface area contributed by atoms with Gasteiger partial charge in [0.05, 0.1) is 0 Å². The molecule has 0 radical (unpaired) electrons. The van der Waals surface area contributed by atoms with Gasteiger partial charge in [0.15, 0.2) is 0 Å². The third-order valence-electron chi connectivity index (χ3n) is 3.50. The molecule has 0 N–H and O–H groups in total. The average molecular weight is 267 g/mol. The van der Waals surface area contributed by atoms with Crippen LogP contribution in [0.2, 0.25) is 0 Å². The predicted molar refractivity (Wildman–Crippen MR) is 68.3 cm³/mol. The van der Waals surface area contributed by atoms with E-state index in [1.165, 1.54) is 6.42 Å². The van der Waals surface area contributed by atoms with Crippen LogP contribution in [0.4, 0.5) is 4.39 Å². The number of carbonyl (C=O) groups excluding carboxylic acids is 1. The Balaban J connectivity index is 2.05. The molecule has 2 rings (SSSR count). The monoisotopic (exact) mass is 267 g/mol. The van der Waals surface area contributed by atoms with Crippen LogP contribution < -0.4 is 5.56 Å². The smallest absolute Gasteiger partial charge is 0.329 e. The molecule has 0 saturated heterocycles. The van der Waals surface area contributed by atoms with E-state index in [0.717, 1.165) is 48.6 Å². The van der Waals surface area contributed by atoms with Crippen molar-refractivity contribution in [1.29, 1.82) is 0 Å². The Bertz CT molecular complexity index is 506. The van der Waals surface area contributed by atoms with Crippen LogP contribution in [0.3, 0.4) is 0 Å². The molecule has 0 aromatic carbocycles. The van der Waals surface area contributed by atoms with Crippen molar-refractivity contribution in [2.75, 3.05) is 0 Å². The molecule has 1 aliphatic carbocycles. The van der Waals surface area contributed by atoms with Crippen LogP contribution in [-0.4, -0.2) is 16.6 Å². The minimum atomic E-state index is -0.801. The molecule has 0 aliphatic heterocycles. The Hall–Kier alpha value is -1.65. The van der Waals surface area contributed by atoms with Crippen LogP contribution in [0.15, 0.2) is 23.1 Å². The number of nitrogens with zero attached hydrogens (tertiary/aromatic N) is 1. The Morgan fingerprint density at radius 3 is 2.74 bits per heavy atom. The zero-order valence-corrected chi connectivity index (χ0v) is 11.0. The second kappa shape index (κ2) is 5.99. The summed E-state index contributed by atoms with van der Waals surface area (Å²) in [6, 6.07) is 1.39. The number of aromatic nitrogens is 1. The van der Waals surface area contributed by atoms with Gasteiger partial charge in [-0.15, -0.1) is 0 Å². The lowest BCUT2D eigenvalue weighted by Gasteiger charge is -2.24. The van der Waals surface area contributed by atoms with Gasteiger partial charge in [0.1, 0.15) is 18.0 Å². The zero-order valence-electron chi connectivity index (χ0n) is 11.0. The fourth-order valence-electron chi connectivity index (χ4n) is 2.34. The maximum absolute atomic E-state index is 13.1. The van der Waals surface area contributed by atoms with Gasteiger partial charge < -0.3 is 4.74 Å². The Kier molecular flexibility index (Phi) is 4.35. The summed E-state index contributed by atoms with van der Waals surface area (Å²) in [4.78, 5) is 23.6. The number of hydrogen-bond acceptors (Lipinski definition) is 3. The molecule has 1 unspecified atom stereocenters. The molecular formula is C14H18FNO3. The van der Waals surface area contributed by atoms with Crippen molar-refractivity contribution >= 4 is 5.97 Å². The average Bonchev–Trinajstić information content (AvgIpc) is 2.42. The largest absolute Gasteiger partial charge is 0.461 e. The van der Waals surface area contributed by atoms with E-state index in [-0.39, 0.29) is 6.10 Å². The Labute approximate surface area is 111 Å². The van der Waals surface area contributed by atoms with Crippen molar-refractivity contribution in [2.45, 2.75) is 51.2 Å². The third-order valence-corrected chi connectivity index (χ3v) is 3.50. The Morgan fingerprint density at radius 2 is 2.05 bits per heavy atom. The summed E-state index contributed by atoms with van der Waals surface area (Å²) >= 11 is 0. The van der Waals surface area contributed by atoms with Crippen LogP contribution in [0, 0.1) is 5.82 Å². The van der Waals surface area contributed by atoms with E-state index in [9.17, 15) is 14.0 Å². The van der Waals surface area contributed by atoms with E-state index >= 15 is 0 Å². The second-order valence-corrected chi connectivity index (χ2v) is 4.97. The summed E-state index contributed by atoms with van der Waals surface area (Å²) in [5.41, 5.74) is -0.408. The van der Waals surface area contributed by atoms with Crippen LogP contribution >= 0.6 is 0 Å². The van der Waals surface area contributed by atoms with Gasteiger partial charge in [-0.1, -0.05) is 6.42 Å². The summed E-state index contributed by atoms with van der Waals surface area (Å²) in [6.07, 6.45) is 6.01. The van der Waals surface area contributed by atoms with Crippen molar-refractivity contribution in [3.05, 3.63) is 34.5 Å². The SMILES string of the molecule is CC(C(=O)OC1CCCCC1)n1cc(F)ccc1=O. The van der Waals surface area contributed by atoms with Crippen molar-refractivity contribution in [3.63, 3.8) is 0 Å². The second-order valence-electron chi connectivity index (χ2n) is 4.97. The van der Waals surface area contributed by atoms with E-state index in [0.29, 0.717) is 0 Å². The van der Waals surface area contributed by atoms with E-state index in [4.69, 9.17) is 4.74 Å². The number of esters is 1. The van der Waals surface area contributed by atoms with Gasteiger partial charge in [-0.3, -0.25) is 9.36 Å². The lowest BCUT2D eigenvalue weighted by molar-refractivity contribution is -0.154. The molecule has 0 amide bonds. The summed E-state index contributed by atoms with van der Waals surface area (Å²) in [5.74, 6) is -1.02. The molecule has 104 valence electrons. The highest BCUT2D eigenvalue weighted by Gasteiger charge is 2.23. The number of carbonyl (C=O) groups is 1. The maximum atomic E-state index is 13.1. The first-order valence-corrected chi connectivity index (χ1v) is 6.66. The summed E-state index contributed by atoms with van der Waals surface area (Å²) in [5, 5.41) is 0. The number of rotatable bonds is 3. The highest BCUT2D eigenvalue weighted by atomic mass is 19.1. The topological polar surface area (TPSA) is 48.3 Å². The summed E-state index contributed by atoms with van der Waals surface area (Å²) in [6.45, 7) is 1.55. The van der Waals surface area contributed by atoms with Crippen LogP contribution in [-0.2, 0) is 9.53 Å². The van der Waals surface area contributed by atoms with Crippen molar-refractivity contribution in [1.82, 2.24) is 4.57 Å². The first-order valence-electron chi connectivity index (χ1n) is 6.66. The van der Waals surface area contributed by atoms with Gasteiger partial charge in [-0.25, -0.2) is 9.18 Å². The molecule has 0 spiro atoms. The standard InChI is InChI=1S/C14H18FNO3/c1-10(16-9-11(15)7-8-13(16)17)14(18)19-12-5-3-2-4-6-12/h7-10,12H,2-6H2,1H3. The van der Waals surface area contributed by atoms with Gasteiger partial charge >= 0.3 is 5.97 Å². The van der Waals surface area contributed by atoms with Gasteiger partial charge in [0.25, 0.3) is 5.56 Å². The molecule has 4 nitrogen and oxygen atoms in total. The molecule has 1 aromatic heterocycles. The molecule has 1 fully saturated rings. The molecule has 1 saturated carbocycles. The lowest BCUT2D eigenvalue weighted by atomic mass is 9.98. The molecule has 1 aliphatic rings. The maximum Gasteiger partial charge on any atom is 0.329 e. The fraction of sp³-hybridized carbons (Fsp3) is 0.571. The molecule has 1 heterocycles. The van der Waals surface area contributed by atoms with E-state index in [1.807, 2.05) is 0 Å². The van der Waals surface area contributed by atoms with Crippen molar-refractivity contribution < 1.29 is 13.9 Å². The molecule has 19 heavy (non-hydrogen) atoms. The third kappa shape index (κ3) is 3.43. The quantitative estimate of drug-likeness (QED) is 0.790. The molecule has 5 heteroatoms. The van der Waals surface area contributed by atoms with Crippen LogP contribution in [0.1, 0.15) is 45.1 Å². The molecular weight excluding hydrogens is 249 g/mol. The zero-order chi connectivity index (χ0) is 13.8. The van der Waals surface area contributed by atoms with Gasteiger partial charge in [-0.05, 0) is 38.7 Å². The van der Waals surface area contributed by atoms with Gasteiger partial charge in [0.2, 0.25) is 0 Å². The first kappa shape index (κ1) is 13.8. The van der Waals surface area contributed by atoms with E-state index < -0.39 is 23.4 Å². The normalized spacial score (nSPS) is 18.0. The number of pyridine rings is 1. The minimum absolute atomic E-state index is 0.0621. The number of halogens is 1. The van der Waals surface area contributed by atoms with E-state index in [2.05, 4.69) is 0 Å². The highest BCUT2D eigenvalue weighted by Crippen LogP contribution is 2.21. The first-order chi connectivity index (χ1) is 9.08. The summed E-state index contributed by atoms with van der Waals surface area (Å²) in [7, 11) is 0. The lowest BCUT2D eigenvalue weighted by Crippen LogP contribution is -2.31. The Morgan fingerprint density at radius 1 is 1.37 bits per heavy atom. The van der Waals surface area contributed by atoms with Crippen molar-refractivity contribution in [2.24, 2.45) is 0 Å². The fourth-order valence-corrected chi connectivity index (χ4v) is 2.34. The molecule has 0 bridgehead atoms.